The molecule has 0 heterocycles. The largest absolute Gasteiger partial charge is 0.368 e. The minimum Gasteiger partial charge on any atom is -0.368 e. The number of halogens is 1. The van der Waals surface area contributed by atoms with Crippen LogP contribution in [0.4, 0.5) is 4.39 Å². The fourth-order valence-corrected chi connectivity index (χ4v) is 1.61. The topological polar surface area (TPSA) is 72.2 Å². The number of primary amides is 1. The van der Waals surface area contributed by atoms with E-state index in [1.165, 1.54) is 6.07 Å². The highest BCUT2D eigenvalue weighted by atomic mass is 19.1. The molecule has 0 saturated heterocycles. The Morgan fingerprint density at radius 2 is 1.94 bits per heavy atom. The van der Waals surface area contributed by atoms with Crippen LogP contribution in [-0.2, 0) is 4.79 Å². The first-order valence-corrected chi connectivity index (χ1v) is 5.70. The van der Waals surface area contributed by atoms with E-state index in [9.17, 15) is 14.0 Å². The molecule has 98 valence electrons. The molecule has 1 aromatic carbocycles. The summed E-state index contributed by atoms with van der Waals surface area (Å²) in [6, 6.07) is 3.72. The summed E-state index contributed by atoms with van der Waals surface area (Å²) in [5.41, 5.74) is 5.48. The van der Waals surface area contributed by atoms with Crippen LogP contribution in [0.3, 0.4) is 0 Å². The zero-order chi connectivity index (χ0) is 13.9. The van der Waals surface area contributed by atoms with Crippen molar-refractivity contribution in [3.8, 4) is 0 Å². The molecule has 18 heavy (non-hydrogen) atoms. The molecule has 1 rings (SSSR count). The number of amides is 2. The van der Waals surface area contributed by atoms with Gasteiger partial charge in [-0.25, -0.2) is 4.39 Å². The van der Waals surface area contributed by atoms with Crippen LogP contribution in [0.1, 0.15) is 29.8 Å². The van der Waals surface area contributed by atoms with Gasteiger partial charge in [0.05, 0.1) is 5.56 Å². The highest BCUT2D eigenvalue weighted by Gasteiger charge is 2.23. The van der Waals surface area contributed by atoms with Crippen LogP contribution in [-0.4, -0.2) is 17.9 Å². The molecule has 0 aliphatic heterocycles. The molecule has 1 unspecified atom stereocenters. The number of rotatable bonds is 4. The summed E-state index contributed by atoms with van der Waals surface area (Å²) in [5.74, 6) is -2.00. The van der Waals surface area contributed by atoms with Crippen molar-refractivity contribution in [2.75, 3.05) is 0 Å². The van der Waals surface area contributed by atoms with Gasteiger partial charge in [-0.3, -0.25) is 9.59 Å². The molecular formula is C13H17FN2O2. The highest BCUT2D eigenvalue weighted by molar-refractivity contribution is 5.97. The summed E-state index contributed by atoms with van der Waals surface area (Å²) >= 11 is 0. The average Bonchev–Trinajstić information content (AvgIpc) is 2.28. The van der Waals surface area contributed by atoms with Gasteiger partial charge in [-0.1, -0.05) is 26.0 Å². The summed E-state index contributed by atoms with van der Waals surface area (Å²) in [7, 11) is 0. The number of benzene rings is 1. The van der Waals surface area contributed by atoms with E-state index in [1.807, 2.05) is 0 Å². The van der Waals surface area contributed by atoms with E-state index in [-0.39, 0.29) is 11.5 Å². The van der Waals surface area contributed by atoms with Crippen LogP contribution in [0.15, 0.2) is 18.2 Å². The minimum absolute atomic E-state index is 0.0816. The van der Waals surface area contributed by atoms with Crippen molar-refractivity contribution in [3.63, 3.8) is 0 Å². The third-order valence-electron chi connectivity index (χ3n) is 2.70. The Balaban J connectivity index is 2.94. The van der Waals surface area contributed by atoms with Gasteiger partial charge in [0.25, 0.3) is 5.91 Å². The lowest BCUT2D eigenvalue weighted by Crippen LogP contribution is -2.47. The normalized spacial score (nSPS) is 12.3. The molecule has 1 aromatic rings. The van der Waals surface area contributed by atoms with Crippen LogP contribution < -0.4 is 11.1 Å². The molecule has 0 aliphatic carbocycles. The fourth-order valence-electron chi connectivity index (χ4n) is 1.61. The van der Waals surface area contributed by atoms with E-state index >= 15 is 0 Å². The second-order valence-corrected chi connectivity index (χ2v) is 4.53. The lowest BCUT2D eigenvalue weighted by atomic mass is 10.0. The number of nitrogens with two attached hydrogens (primary N) is 1. The molecule has 0 bridgehead atoms. The first-order valence-electron chi connectivity index (χ1n) is 5.70. The van der Waals surface area contributed by atoms with E-state index < -0.39 is 23.7 Å². The van der Waals surface area contributed by atoms with Gasteiger partial charge in [0, 0.05) is 0 Å². The Morgan fingerprint density at radius 3 is 2.44 bits per heavy atom. The van der Waals surface area contributed by atoms with Gasteiger partial charge in [-0.2, -0.15) is 0 Å². The maximum absolute atomic E-state index is 13.7. The van der Waals surface area contributed by atoms with Crippen molar-refractivity contribution in [2.24, 2.45) is 11.7 Å². The van der Waals surface area contributed by atoms with Crippen molar-refractivity contribution in [1.82, 2.24) is 5.32 Å². The van der Waals surface area contributed by atoms with Crippen LogP contribution in [0, 0.1) is 18.7 Å². The van der Waals surface area contributed by atoms with E-state index in [2.05, 4.69) is 5.32 Å². The first-order chi connectivity index (χ1) is 8.34. The van der Waals surface area contributed by atoms with Gasteiger partial charge in [0.1, 0.15) is 11.9 Å². The second kappa shape index (κ2) is 5.62. The lowest BCUT2D eigenvalue weighted by molar-refractivity contribution is -0.120. The molecule has 0 saturated carbocycles. The summed E-state index contributed by atoms with van der Waals surface area (Å²) in [4.78, 5) is 23.1. The Morgan fingerprint density at radius 1 is 1.33 bits per heavy atom. The van der Waals surface area contributed by atoms with Gasteiger partial charge in [0.15, 0.2) is 0 Å². The molecule has 0 aliphatic rings. The van der Waals surface area contributed by atoms with E-state index in [4.69, 9.17) is 5.73 Å². The second-order valence-electron chi connectivity index (χ2n) is 4.53. The lowest BCUT2D eigenvalue weighted by Gasteiger charge is -2.19. The molecule has 0 radical (unpaired) electrons. The molecule has 3 N–H and O–H groups in total. The third kappa shape index (κ3) is 3.06. The van der Waals surface area contributed by atoms with Crippen LogP contribution >= 0.6 is 0 Å². The fraction of sp³-hybridized carbons (Fsp3) is 0.385. The zero-order valence-electron chi connectivity index (χ0n) is 10.7. The SMILES string of the molecule is Cc1cccc(C(=O)NC(C(N)=O)C(C)C)c1F. The number of aryl methyl sites for hydroxylation is 1. The Kier molecular flexibility index (Phi) is 4.42. The number of carbonyl (C=O) groups is 2. The molecule has 0 spiro atoms. The van der Waals surface area contributed by atoms with Crippen molar-refractivity contribution < 1.29 is 14.0 Å². The Bertz CT molecular complexity index is 472. The summed E-state index contributed by atoms with van der Waals surface area (Å²) < 4.78 is 13.7. The van der Waals surface area contributed by atoms with Crippen molar-refractivity contribution in [1.29, 1.82) is 0 Å². The van der Waals surface area contributed by atoms with Crippen LogP contribution in [0.25, 0.3) is 0 Å². The molecule has 1 atom stereocenters. The van der Waals surface area contributed by atoms with Gasteiger partial charge in [-0.05, 0) is 24.5 Å². The van der Waals surface area contributed by atoms with Gasteiger partial charge < -0.3 is 11.1 Å². The van der Waals surface area contributed by atoms with Crippen molar-refractivity contribution >= 4 is 11.8 Å². The monoisotopic (exact) mass is 252 g/mol. The predicted molar refractivity (Wildman–Crippen MR) is 66.4 cm³/mol. The summed E-state index contributed by atoms with van der Waals surface area (Å²) in [6.07, 6.45) is 0. The molecule has 0 fully saturated rings. The van der Waals surface area contributed by atoms with Crippen LogP contribution in [0.5, 0.6) is 0 Å². The van der Waals surface area contributed by atoms with Gasteiger partial charge >= 0.3 is 0 Å². The van der Waals surface area contributed by atoms with E-state index in [0.717, 1.165) is 0 Å². The Hall–Kier alpha value is -1.91. The smallest absolute Gasteiger partial charge is 0.254 e. The summed E-state index contributed by atoms with van der Waals surface area (Å²) in [5, 5.41) is 2.45. The maximum Gasteiger partial charge on any atom is 0.254 e. The zero-order valence-corrected chi connectivity index (χ0v) is 10.7. The van der Waals surface area contributed by atoms with Crippen LogP contribution in [0.2, 0.25) is 0 Å². The molecule has 2 amide bonds. The standard InChI is InChI=1S/C13H17FN2O2/c1-7(2)11(12(15)17)16-13(18)9-6-4-5-8(3)10(9)14/h4-7,11H,1-3H3,(H2,15,17)(H,16,18). The molecule has 4 nitrogen and oxygen atoms in total. The molecule has 0 aromatic heterocycles. The predicted octanol–water partition coefficient (Wildman–Crippen LogP) is 1.37. The Labute approximate surface area is 105 Å². The first kappa shape index (κ1) is 14.2. The molecule has 5 heteroatoms. The van der Waals surface area contributed by atoms with E-state index in [0.29, 0.717) is 5.56 Å². The van der Waals surface area contributed by atoms with E-state index in [1.54, 1.807) is 32.9 Å². The minimum atomic E-state index is -0.808. The highest BCUT2D eigenvalue weighted by Crippen LogP contribution is 2.12. The van der Waals surface area contributed by atoms with Crippen molar-refractivity contribution in [2.45, 2.75) is 26.8 Å². The number of carbonyl (C=O) groups excluding carboxylic acids is 2. The van der Waals surface area contributed by atoms with Crippen molar-refractivity contribution in [3.05, 3.63) is 35.1 Å². The average molecular weight is 252 g/mol. The third-order valence-corrected chi connectivity index (χ3v) is 2.70. The quantitative estimate of drug-likeness (QED) is 0.849. The van der Waals surface area contributed by atoms with Gasteiger partial charge in [0.2, 0.25) is 5.91 Å². The number of hydrogen-bond acceptors (Lipinski definition) is 2. The number of nitrogens with one attached hydrogen (secondary N) is 1. The molecular weight excluding hydrogens is 235 g/mol. The number of hydrogen-bond donors (Lipinski definition) is 2. The maximum atomic E-state index is 13.7. The van der Waals surface area contributed by atoms with Gasteiger partial charge in [-0.15, -0.1) is 0 Å². The summed E-state index contributed by atoms with van der Waals surface area (Å²) in [6.45, 7) is 5.07.